The Balaban J connectivity index is 5.07. The van der Waals surface area contributed by atoms with Gasteiger partial charge in [0.15, 0.2) is 5.78 Å². The fraction of sp³-hybridized carbons (Fsp3) is 0.900. The third-order valence-electron chi connectivity index (χ3n) is 10.1. The number of allylic oxidation sites excluding steroid dienone is 2. The highest BCUT2D eigenvalue weighted by molar-refractivity contribution is 7.38. The summed E-state index contributed by atoms with van der Waals surface area (Å²) in [7, 11) is -3.98. The van der Waals surface area contributed by atoms with Crippen LogP contribution >= 0.6 is 8.03 Å². The molecule has 5 unspecified atom stereocenters. The Bertz CT molecular complexity index is 898. The number of ketones is 2. The van der Waals surface area contributed by atoms with E-state index in [0.29, 0.717) is 12.8 Å². The third-order valence-corrected chi connectivity index (χ3v) is 11.2. The number of unbranched alkanes of at least 4 members (excludes halogenated alkanes) is 22. The topological polar surface area (TPSA) is 175 Å². The Hall–Kier alpha value is -1.06. The molecule has 0 heterocycles. The Morgan fingerprint density at radius 1 is 0.660 bits per heavy atom. The summed E-state index contributed by atoms with van der Waals surface area (Å²) < 4.78 is 12.2. The van der Waals surface area contributed by atoms with Crippen LogP contribution in [0.2, 0.25) is 0 Å². The first kappa shape index (κ1) is 48.9. The van der Waals surface area contributed by atoms with E-state index in [1.807, 2.05) is 0 Å². The minimum Gasteiger partial charge on any atom is -0.593 e. The number of aliphatic hydroxyl groups is 5. The molecule has 0 rings (SSSR count). The average Bonchev–Trinajstić information content (AvgIpc) is 3.10. The summed E-state index contributed by atoms with van der Waals surface area (Å²) in [4.78, 5) is 39.4. The van der Waals surface area contributed by atoms with Crippen molar-refractivity contribution in [2.24, 2.45) is 5.92 Å². The van der Waals surface area contributed by atoms with Gasteiger partial charge in [-0.3, -0.25) is 9.59 Å². The average molecular weight is 731 g/mol. The monoisotopic (exact) mass is 731 g/mol. The van der Waals surface area contributed by atoms with E-state index in [2.05, 4.69) is 26.0 Å². The van der Waals surface area contributed by atoms with Crippen molar-refractivity contribution in [1.29, 1.82) is 0 Å². The second kappa shape index (κ2) is 31.5. The number of Topliss-reactive ketones (excluding diaryl/α,β-unsaturated/α-hetero) is 2. The molecule has 0 saturated carbocycles. The van der Waals surface area contributed by atoms with E-state index in [0.717, 1.165) is 57.8 Å². The van der Waals surface area contributed by atoms with Crippen LogP contribution in [0.4, 0.5) is 0 Å². The van der Waals surface area contributed by atoms with Crippen molar-refractivity contribution in [2.45, 2.75) is 211 Å². The summed E-state index contributed by atoms with van der Waals surface area (Å²) in [6, 6.07) is 0. The molecule has 0 spiro atoms. The Morgan fingerprint density at radius 2 is 1.06 bits per heavy atom. The first-order chi connectivity index (χ1) is 24.0. The molecular weight excluding hydrogens is 655 g/mol. The summed E-state index contributed by atoms with van der Waals surface area (Å²) in [6.07, 6.45) is 29.1. The van der Waals surface area contributed by atoms with Crippen LogP contribution in [0.25, 0.3) is 0 Å². The molecule has 5 atom stereocenters. The van der Waals surface area contributed by atoms with Crippen molar-refractivity contribution < 1.29 is 44.6 Å². The van der Waals surface area contributed by atoms with Gasteiger partial charge in [-0.2, -0.15) is 0 Å². The van der Waals surface area contributed by atoms with Gasteiger partial charge in [-0.15, -0.1) is 0 Å². The van der Waals surface area contributed by atoms with E-state index >= 15 is 0 Å². The van der Waals surface area contributed by atoms with Crippen LogP contribution in [0.15, 0.2) is 12.2 Å². The molecule has 0 amide bonds. The highest BCUT2D eigenvalue weighted by atomic mass is 31.1. The first-order valence-corrected chi connectivity index (χ1v) is 21.4. The fourth-order valence-electron chi connectivity index (χ4n) is 6.65. The SMILES string of the molecule is CCCCCCCC/C=C\CCCCCCC(C(=O)CCCCCCCCCCCCCCC)C(=O)C(O)(CO)C(O)(CC(O)CO)[P+](=O)[O-]. The van der Waals surface area contributed by atoms with E-state index < -0.39 is 62.2 Å². The molecule has 10 heteroatoms. The maximum absolute atomic E-state index is 13.7. The zero-order valence-corrected chi connectivity index (χ0v) is 32.7. The number of hydrogen-bond acceptors (Lipinski definition) is 9. The van der Waals surface area contributed by atoms with Crippen LogP contribution in [0, 0.1) is 5.92 Å². The third kappa shape index (κ3) is 20.8. The molecule has 0 aliphatic heterocycles. The molecule has 0 bridgehead atoms. The van der Waals surface area contributed by atoms with E-state index in [4.69, 9.17) is 0 Å². The number of hydrogen-bond donors (Lipinski definition) is 5. The maximum atomic E-state index is 13.7. The molecule has 294 valence electrons. The van der Waals surface area contributed by atoms with E-state index in [1.54, 1.807) is 0 Å². The van der Waals surface area contributed by atoms with E-state index in [9.17, 15) is 44.6 Å². The second-order valence-corrected chi connectivity index (χ2v) is 15.8. The van der Waals surface area contributed by atoms with Crippen molar-refractivity contribution in [3.63, 3.8) is 0 Å². The van der Waals surface area contributed by atoms with Crippen molar-refractivity contribution in [3.05, 3.63) is 12.2 Å². The number of aliphatic hydroxyl groups excluding tert-OH is 3. The Kier molecular flexibility index (Phi) is 30.8. The molecule has 0 fully saturated rings. The standard InChI is InChI=1S/C40H75O9P/c1-3-5-7-9-11-13-15-17-19-20-22-24-26-28-30-36(38(45)39(46,34-42)40(47,50(48)49)32-35(43)33-41)37(44)31-29-27-25-23-21-18-16-14-12-10-8-6-4-2/h17,19,35-36,41-43,46-47H,3-16,18,20-34H2,1-2H3/b19-17-. The van der Waals surface area contributed by atoms with Gasteiger partial charge < -0.3 is 30.4 Å². The van der Waals surface area contributed by atoms with Crippen LogP contribution in [0.3, 0.4) is 0 Å². The quantitative estimate of drug-likeness (QED) is 0.0183. The summed E-state index contributed by atoms with van der Waals surface area (Å²) >= 11 is 0. The van der Waals surface area contributed by atoms with Crippen LogP contribution in [0.5, 0.6) is 0 Å². The Morgan fingerprint density at radius 3 is 1.46 bits per heavy atom. The number of carbonyl (C=O) groups excluding carboxylic acids is 2. The predicted octanol–water partition coefficient (Wildman–Crippen LogP) is 8.13. The Labute approximate surface area is 305 Å². The maximum Gasteiger partial charge on any atom is 0.348 e. The van der Waals surface area contributed by atoms with Gasteiger partial charge in [0.2, 0.25) is 5.60 Å². The lowest BCUT2D eigenvalue weighted by Gasteiger charge is -2.37. The normalized spacial score (nSPS) is 15.9. The number of rotatable bonds is 37. The fourth-order valence-corrected chi connectivity index (χ4v) is 7.49. The molecule has 0 aliphatic rings. The van der Waals surface area contributed by atoms with Crippen molar-refractivity contribution in [2.75, 3.05) is 13.2 Å². The molecule has 5 N–H and O–H groups in total. The molecule has 0 aliphatic carbocycles. The minimum atomic E-state index is -3.98. The van der Waals surface area contributed by atoms with Crippen LogP contribution < -0.4 is 4.89 Å². The molecule has 0 aromatic carbocycles. The van der Waals surface area contributed by atoms with Gasteiger partial charge in [0.05, 0.1) is 31.7 Å². The van der Waals surface area contributed by atoms with Crippen molar-refractivity contribution >= 4 is 19.6 Å². The van der Waals surface area contributed by atoms with Crippen LogP contribution in [-0.4, -0.2) is 67.4 Å². The lowest BCUT2D eigenvalue weighted by Crippen LogP contribution is -2.64. The minimum absolute atomic E-state index is 0.0561. The summed E-state index contributed by atoms with van der Waals surface area (Å²) in [6.45, 7) is 2.04. The summed E-state index contributed by atoms with van der Waals surface area (Å²) in [5, 5.41) is 48.2. The molecule has 0 aromatic rings. The molecule has 0 radical (unpaired) electrons. The second-order valence-electron chi connectivity index (χ2n) is 14.5. The molecule has 50 heavy (non-hydrogen) atoms. The highest BCUT2D eigenvalue weighted by Crippen LogP contribution is 2.45. The van der Waals surface area contributed by atoms with E-state index in [-0.39, 0.29) is 12.8 Å². The van der Waals surface area contributed by atoms with Crippen LogP contribution in [0.1, 0.15) is 194 Å². The highest BCUT2D eigenvalue weighted by Gasteiger charge is 2.65. The molecule has 0 saturated heterocycles. The molecule has 0 aromatic heterocycles. The van der Waals surface area contributed by atoms with Gasteiger partial charge >= 0.3 is 8.03 Å². The van der Waals surface area contributed by atoms with Gasteiger partial charge in [-0.1, -0.05) is 159 Å². The lowest BCUT2D eigenvalue weighted by molar-refractivity contribution is -0.213. The summed E-state index contributed by atoms with van der Waals surface area (Å²) in [5.74, 6) is -3.12. The zero-order chi connectivity index (χ0) is 37.5. The predicted molar refractivity (Wildman–Crippen MR) is 201 cm³/mol. The van der Waals surface area contributed by atoms with Crippen molar-refractivity contribution in [3.8, 4) is 0 Å². The molecule has 9 nitrogen and oxygen atoms in total. The largest absolute Gasteiger partial charge is 0.593 e. The summed E-state index contributed by atoms with van der Waals surface area (Å²) in [5.41, 5.74) is -3.24. The number of carbonyl (C=O) groups is 2. The smallest absolute Gasteiger partial charge is 0.348 e. The van der Waals surface area contributed by atoms with Gasteiger partial charge in [-0.25, -0.2) is 0 Å². The van der Waals surface area contributed by atoms with Gasteiger partial charge in [0.1, 0.15) is 5.78 Å². The van der Waals surface area contributed by atoms with Crippen molar-refractivity contribution in [1.82, 2.24) is 0 Å². The van der Waals surface area contributed by atoms with Gasteiger partial charge in [0, 0.05) is 6.42 Å². The van der Waals surface area contributed by atoms with Gasteiger partial charge in [-0.05, 0) is 38.5 Å². The first-order valence-electron chi connectivity index (χ1n) is 20.3. The van der Waals surface area contributed by atoms with Crippen LogP contribution in [-0.2, 0) is 14.2 Å². The van der Waals surface area contributed by atoms with Gasteiger partial charge in [0.25, 0.3) is 5.34 Å². The molecular formula is C40H75O9P. The zero-order valence-electron chi connectivity index (χ0n) is 31.8. The lowest BCUT2D eigenvalue weighted by atomic mass is 9.77. The van der Waals surface area contributed by atoms with E-state index in [1.165, 1.54) is 89.9 Å².